The molecule has 4 aromatic rings. The molecule has 0 aliphatic heterocycles. The van der Waals surface area contributed by atoms with Crippen molar-refractivity contribution in [3.63, 3.8) is 0 Å². The third kappa shape index (κ3) is 3.06. The molecule has 0 fully saturated rings. The van der Waals surface area contributed by atoms with Crippen LogP contribution in [0.2, 0.25) is 5.02 Å². The van der Waals surface area contributed by atoms with Crippen molar-refractivity contribution in [2.45, 2.75) is 6.42 Å². The quantitative estimate of drug-likeness (QED) is 0.596. The molecule has 1 N–H and O–H groups in total. The molecule has 4 rings (SSSR count). The summed E-state index contributed by atoms with van der Waals surface area (Å²) in [4.78, 5) is 5.93. The van der Waals surface area contributed by atoms with Crippen LogP contribution >= 0.6 is 22.9 Å². The van der Waals surface area contributed by atoms with Crippen molar-refractivity contribution in [2.24, 2.45) is 0 Å². The van der Waals surface area contributed by atoms with Gasteiger partial charge >= 0.3 is 0 Å². The predicted molar refractivity (Wildman–Crippen MR) is 95.0 cm³/mol. The molecule has 2 aromatic heterocycles. The summed E-state index contributed by atoms with van der Waals surface area (Å²) in [6.07, 6.45) is 0.533. The molecule has 118 valence electrons. The highest BCUT2D eigenvalue weighted by Crippen LogP contribution is 2.36. The number of benzene rings is 2. The number of rotatable bonds is 4. The highest BCUT2D eigenvalue weighted by molar-refractivity contribution is 7.18. The molecule has 0 saturated heterocycles. The van der Waals surface area contributed by atoms with Gasteiger partial charge < -0.3 is 0 Å². The highest BCUT2D eigenvalue weighted by atomic mass is 35.5. The average molecular weight is 354 g/mol. The Kier molecular flexibility index (Phi) is 4.06. The number of thiazole rings is 1. The van der Waals surface area contributed by atoms with Gasteiger partial charge in [-0.25, -0.2) is 4.98 Å². The molecule has 0 saturated carbocycles. The number of aromatic amines is 1. The van der Waals surface area contributed by atoms with Crippen LogP contribution < -0.4 is 0 Å². The van der Waals surface area contributed by atoms with Gasteiger partial charge in [0.05, 0.1) is 17.0 Å². The van der Waals surface area contributed by atoms with E-state index in [4.69, 9.17) is 16.6 Å². The van der Waals surface area contributed by atoms with E-state index in [1.807, 2.05) is 42.5 Å². The summed E-state index contributed by atoms with van der Waals surface area (Å²) in [6.45, 7) is 0. The molecule has 0 aliphatic rings. The van der Waals surface area contributed by atoms with Crippen molar-refractivity contribution in [1.82, 2.24) is 25.6 Å². The first-order valence-electron chi connectivity index (χ1n) is 7.33. The maximum Gasteiger partial charge on any atom is 0.180 e. The fraction of sp³-hybridized carbons (Fsp3) is 0.0588. The monoisotopic (exact) mass is 353 g/mol. The lowest BCUT2D eigenvalue weighted by Gasteiger charge is -1.99. The summed E-state index contributed by atoms with van der Waals surface area (Å²) in [5, 5.41) is 15.8. The van der Waals surface area contributed by atoms with E-state index in [1.165, 1.54) is 0 Å². The van der Waals surface area contributed by atoms with E-state index in [0.717, 1.165) is 26.7 Å². The molecule has 0 aliphatic carbocycles. The minimum absolute atomic E-state index is 0.533. The predicted octanol–water partition coefficient (Wildman–Crippen LogP) is 4.23. The summed E-state index contributed by atoms with van der Waals surface area (Å²) >= 11 is 7.64. The molecule has 0 spiro atoms. The van der Waals surface area contributed by atoms with Crippen molar-refractivity contribution in [2.75, 3.05) is 0 Å². The third-order valence-electron chi connectivity index (χ3n) is 3.54. The Morgan fingerprint density at radius 1 is 0.958 bits per heavy atom. The van der Waals surface area contributed by atoms with E-state index in [1.54, 1.807) is 11.3 Å². The van der Waals surface area contributed by atoms with Crippen LogP contribution in [0, 0.1) is 0 Å². The number of H-pyrrole nitrogens is 1. The Labute approximate surface area is 147 Å². The van der Waals surface area contributed by atoms with Gasteiger partial charge in [0.25, 0.3) is 0 Å². The zero-order valence-corrected chi connectivity index (χ0v) is 14.1. The Balaban J connectivity index is 1.79. The van der Waals surface area contributed by atoms with Gasteiger partial charge in [0.1, 0.15) is 5.01 Å². The van der Waals surface area contributed by atoms with Gasteiger partial charge in [0.2, 0.25) is 0 Å². The number of halogens is 1. The zero-order valence-electron chi connectivity index (χ0n) is 12.5. The van der Waals surface area contributed by atoms with E-state index in [0.29, 0.717) is 17.3 Å². The zero-order chi connectivity index (χ0) is 16.4. The van der Waals surface area contributed by atoms with E-state index < -0.39 is 0 Å². The molecule has 5 nitrogen and oxygen atoms in total. The van der Waals surface area contributed by atoms with Crippen LogP contribution in [0.3, 0.4) is 0 Å². The molecule has 7 heteroatoms. The summed E-state index contributed by atoms with van der Waals surface area (Å²) in [6, 6.07) is 17.9. The Morgan fingerprint density at radius 3 is 2.46 bits per heavy atom. The van der Waals surface area contributed by atoms with E-state index in [-0.39, 0.29) is 0 Å². The second kappa shape index (κ2) is 6.51. The Morgan fingerprint density at radius 2 is 1.75 bits per heavy atom. The molecular formula is C17H12ClN5S. The Bertz CT molecular complexity index is 933. The second-order valence-corrected chi connectivity index (χ2v) is 6.61. The van der Waals surface area contributed by atoms with Gasteiger partial charge in [-0.2, -0.15) is 5.21 Å². The largest absolute Gasteiger partial charge is 0.240 e. The number of aromatic nitrogens is 5. The highest BCUT2D eigenvalue weighted by Gasteiger charge is 2.16. The summed E-state index contributed by atoms with van der Waals surface area (Å²) < 4.78 is 0. The van der Waals surface area contributed by atoms with Crippen LogP contribution in [0.5, 0.6) is 0 Å². The summed E-state index contributed by atoms with van der Waals surface area (Å²) in [7, 11) is 0. The van der Waals surface area contributed by atoms with Crippen LogP contribution in [-0.4, -0.2) is 25.6 Å². The number of nitrogens with zero attached hydrogens (tertiary/aromatic N) is 4. The third-order valence-corrected chi connectivity index (χ3v) is 4.99. The first kappa shape index (κ1) is 15.0. The maximum atomic E-state index is 5.98. The number of tetrazole rings is 1. The lowest BCUT2D eigenvalue weighted by Crippen LogP contribution is -1.94. The molecular weight excluding hydrogens is 342 g/mol. The summed E-state index contributed by atoms with van der Waals surface area (Å²) in [5.74, 6) is 0.625. The first-order chi connectivity index (χ1) is 11.8. The van der Waals surface area contributed by atoms with E-state index in [9.17, 15) is 0 Å². The fourth-order valence-corrected chi connectivity index (χ4v) is 3.63. The normalized spacial score (nSPS) is 10.9. The van der Waals surface area contributed by atoms with Crippen molar-refractivity contribution in [3.05, 3.63) is 71.1 Å². The van der Waals surface area contributed by atoms with Gasteiger partial charge in [-0.1, -0.05) is 59.3 Å². The second-order valence-electron chi connectivity index (χ2n) is 5.17. The van der Waals surface area contributed by atoms with Crippen LogP contribution in [-0.2, 0) is 6.42 Å². The molecule has 0 amide bonds. The lowest BCUT2D eigenvalue weighted by molar-refractivity contribution is 0.881. The SMILES string of the molecule is Clc1ccc(-c2nc(Cc3nn[nH]n3)c(-c3ccccc3)s2)cc1. The van der Waals surface area contributed by atoms with Crippen molar-refractivity contribution in [1.29, 1.82) is 0 Å². The summed E-state index contributed by atoms with van der Waals surface area (Å²) in [5.41, 5.74) is 3.12. The van der Waals surface area contributed by atoms with Crippen LogP contribution in [0.4, 0.5) is 0 Å². The standard InChI is InChI=1S/C17H12ClN5S/c18-13-8-6-12(7-9-13)17-19-14(10-15-20-22-23-21-15)16(24-17)11-4-2-1-3-5-11/h1-9H,10H2,(H,20,21,22,23). The van der Waals surface area contributed by atoms with E-state index in [2.05, 4.69) is 32.8 Å². The number of hydrogen-bond donors (Lipinski definition) is 1. The minimum Gasteiger partial charge on any atom is -0.240 e. The van der Waals surface area contributed by atoms with Crippen LogP contribution in [0.15, 0.2) is 54.6 Å². The molecule has 0 bridgehead atoms. The van der Waals surface area contributed by atoms with Crippen molar-refractivity contribution < 1.29 is 0 Å². The number of hydrogen-bond acceptors (Lipinski definition) is 5. The fourth-order valence-electron chi connectivity index (χ4n) is 2.41. The molecule has 2 heterocycles. The average Bonchev–Trinajstić information content (AvgIpc) is 3.27. The lowest BCUT2D eigenvalue weighted by atomic mass is 10.1. The van der Waals surface area contributed by atoms with Crippen molar-refractivity contribution in [3.8, 4) is 21.0 Å². The smallest absolute Gasteiger partial charge is 0.180 e. The van der Waals surface area contributed by atoms with Crippen LogP contribution in [0.1, 0.15) is 11.5 Å². The molecule has 0 unspecified atom stereocenters. The Hall–Kier alpha value is -2.57. The molecule has 0 radical (unpaired) electrons. The van der Waals surface area contributed by atoms with Gasteiger partial charge in [-0.05, 0) is 17.7 Å². The van der Waals surface area contributed by atoms with E-state index >= 15 is 0 Å². The van der Waals surface area contributed by atoms with Gasteiger partial charge in [-0.15, -0.1) is 21.5 Å². The van der Waals surface area contributed by atoms with Gasteiger partial charge in [0, 0.05) is 10.6 Å². The molecule has 2 aromatic carbocycles. The minimum atomic E-state index is 0.533. The first-order valence-corrected chi connectivity index (χ1v) is 8.52. The number of nitrogens with one attached hydrogen (secondary N) is 1. The van der Waals surface area contributed by atoms with Crippen molar-refractivity contribution >= 4 is 22.9 Å². The molecule has 0 atom stereocenters. The maximum absolute atomic E-state index is 5.98. The molecule has 24 heavy (non-hydrogen) atoms. The van der Waals surface area contributed by atoms with Gasteiger partial charge in [0.15, 0.2) is 5.82 Å². The topological polar surface area (TPSA) is 67.3 Å². The van der Waals surface area contributed by atoms with Crippen LogP contribution in [0.25, 0.3) is 21.0 Å². The van der Waals surface area contributed by atoms with Gasteiger partial charge in [-0.3, -0.25) is 0 Å².